The third-order valence-electron chi connectivity index (χ3n) is 1.93. The zero-order valence-electron chi connectivity index (χ0n) is 7.08. The topological polar surface area (TPSA) is 49.9 Å². The van der Waals surface area contributed by atoms with Crippen molar-refractivity contribution in [3.8, 4) is 0 Å². The summed E-state index contributed by atoms with van der Waals surface area (Å²) in [5, 5.41) is 10.9. The fraction of sp³-hybridized carbons (Fsp3) is 0.714. The fourth-order valence-electron chi connectivity index (χ4n) is 1.32. The molecule has 2 rings (SSSR count). The third-order valence-corrected chi connectivity index (χ3v) is 2.95. The Bertz CT molecular complexity index is 316. The van der Waals surface area contributed by atoms with Gasteiger partial charge in [0.05, 0.1) is 12.6 Å². The number of ether oxygens (including phenoxy) is 1. The number of anilines is 1. The number of hydrogen-bond donors (Lipinski definition) is 2. The van der Waals surface area contributed by atoms with E-state index in [2.05, 4.69) is 15.5 Å². The van der Waals surface area contributed by atoms with Crippen molar-refractivity contribution in [1.82, 2.24) is 10.2 Å². The van der Waals surface area contributed by atoms with Gasteiger partial charge in [0.25, 0.3) is 0 Å². The highest BCUT2D eigenvalue weighted by molar-refractivity contribution is 7.73. The number of H-pyrrole nitrogens is 1. The lowest BCUT2D eigenvalue weighted by molar-refractivity contribution is 0.0876. The molecule has 13 heavy (non-hydrogen) atoms. The van der Waals surface area contributed by atoms with Crippen LogP contribution < -0.4 is 5.32 Å². The van der Waals surface area contributed by atoms with Crippen molar-refractivity contribution in [1.29, 1.82) is 0 Å². The number of hydrogen-bond acceptors (Lipinski definition) is 5. The Kier molecular flexibility index (Phi) is 2.92. The lowest BCUT2D eigenvalue weighted by Crippen LogP contribution is -2.29. The molecule has 1 aliphatic rings. The van der Waals surface area contributed by atoms with Crippen LogP contribution >= 0.6 is 23.6 Å². The van der Waals surface area contributed by atoms with Gasteiger partial charge in [-0.2, -0.15) is 0 Å². The molecule has 0 saturated carbocycles. The van der Waals surface area contributed by atoms with Crippen LogP contribution in [0.25, 0.3) is 0 Å². The molecule has 1 aromatic heterocycles. The molecule has 2 heterocycles. The fourth-order valence-corrected chi connectivity index (χ4v) is 2.19. The molecule has 1 unspecified atom stereocenters. The first kappa shape index (κ1) is 9.11. The summed E-state index contributed by atoms with van der Waals surface area (Å²) in [6, 6.07) is 0.391. The van der Waals surface area contributed by atoms with E-state index in [1.54, 1.807) is 0 Å². The van der Waals surface area contributed by atoms with Gasteiger partial charge in [0, 0.05) is 6.61 Å². The van der Waals surface area contributed by atoms with Crippen molar-refractivity contribution in [2.75, 3.05) is 18.5 Å². The molecule has 0 amide bonds. The van der Waals surface area contributed by atoms with Crippen LogP contribution in [-0.4, -0.2) is 29.5 Å². The van der Waals surface area contributed by atoms with Crippen LogP contribution in [0, 0.1) is 3.95 Å². The monoisotopic (exact) mass is 217 g/mol. The van der Waals surface area contributed by atoms with Crippen molar-refractivity contribution in [2.45, 2.75) is 18.9 Å². The zero-order valence-corrected chi connectivity index (χ0v) is 8.71. The molecule has 1 fully saturated rings. The number of nitrogens with zero attached hydrogens (tertiary/aromatic N) is 1. The highest BCUT2D eigenvalue weighted by Gasteiger charge is 2.14. The van der Waals surface area contributed by atoms with E-state index in [1.165, 1.54) is 11.3 Å². The van der Waals surface area contributed by atoms with Crippen molar-refractivity contribution in [3.63, 3.8) is 0 Å². The maximum atomic E-state index is 5.34. The molecule has 4 nitrogen and oxygen atoms in total. The quantitative estimate of drug-likeness (QED) is 0.742. The second-order valence-corrected chi connectivity index (χ2v) is 4.64. The maximum Gasteiger partial charge on any atom is 0.204 e. The molecule has 1 saturated heterocycles. The smallest absolute Gasteiger partial charge is 0.204 e. The summed E-state index contributed by atoms with van der Waals surface area (Å²) in [7, 11) is 0. The van der Waals surface area contributed by atoms with Crippen LogP contribution in [0.5, 0.6) is 0 Å². The van der Waals surface area contributed by atoms with Crippen LogP contribution in [0.3, 0.4) is 0 Å². The average Bonchev–Trinajstić information content (AvgIpc) is 2.53. The SMILES string of the molecule is S=c1[nH]nc(NC2CCCOC2)s1. The van der Waals surface area contributed by atoms with Gasteiger partial charge in [-0.15, -0.1) is 5.10 Å². The number of rotatable bonds is 2. The Morgan fingerprint density at radius 1 is 1.69 bits per heavy atom. The Morgan fingerprint density at radius 3 is 3.23 bits per heavy atom. The summed E-state index contributed by atoms with van der Waals surface area (Å²) in [4.78, 5) is 0. The van der Waals surface area contributed by atoms with Crippen LogP contribution in [0.15, 0.2) is 0 Å². The van der Waals surface area contributed by atoms with Crippen LogP contribution in [0.1, 0.15) is 12.8 Å². The summed E-state index contributed by atoms with van der Waals surface area (Å²) in [6.07, 6.45) is 2.26. The second-order valence-electron chi connectivity index (χ2n) is 2.98. The van der Waals surface area contributed by atoms with Gasteiger partial charge in [0.2, 0.25) is 5.13 Å². The molecule has 1 atom stereocenters. The molecule has 2 N–H and O–H groups in total. The van der Waals surface area contributed by atoms with Gasteiger partial charge in [-0.1, -0.05) is 11.3 Å². The lowest BCUT2D eigenvalue weighted by Gasteiger charge is -2.22. The summed E-state index contributed by atoms with van der Waals surface area (Å²) < 4.78 is 6.05. The highest BCUT2D eigenvalue weighted by Crippen LogP contribution is 2.16. The molecule has 0 spiro atoms. The highest BCUT2D eigenvalue weighted by atomic mass is 32.1. The van der Waals surface area contributed by atoms with Gasteiger partial charge in [-0.3, -0.25) is 5.10 Å². The Morgan fingerprint density at radius 2 is 2.62 bits per heavy atom. The van der Waals surface area contributed by atoms with Crippen molar-refractivity contribution in [2.24, 2.45) is 0 Å². The number of aromatic amines is 1. The molecular formula is C7H11N3OS2. The Hall–Kier alpha value is -0.460. The van der Waals surface area contributed by atoms with Crippen LogP contribution in [0.4, 0.5) is 5.13 Å². The largest absolute Gasteiger partial charge is 0.379 e. The maximum absolute atomic E-state index is 5.34. The van der Waals surface area contributed by atoms with Gasteiger partial charge < -0.3 is 10.1 Å². The van der Waals surface area contributed by atoms with Gasteiger partial charge >= 0.3 is 0 Å². The first-order valence-corrected chi connectivity index (χ1v) is 5.47. The standard InChI is InChI=1S/C7H11N3OS2/c12-7-10-9-6(13-7)8-5-2-1-3-11-4-5/h5H,1-4H2,(H,8,9)(H,10,12). The minimum atomic E-state index is 0.391. The van der Waals surface area contributed by atoms with Gasteiger partial charge in [-0.05, 0) is 25.1 Å². The molecule has 0 bridgehead atoms. The minimum absolute atomic E-state index is 0.391. The number of aromatic nitrogens is 2. The van der Waals surface area contributed by atoms with Crippen molar-refractivity contribution in [3.05, 3.63) is 3.95 Å². The van der Waals surface area contributed by atoms with E-state index in [0.717, 1.165) is 31.2 Å². The van der Waals surface area contributed by atoms with Crippen molar-refractivity contribution >= 4 is 28.7 Å². The van der Waals surface area contributed by atoms with Gasteiger partial charge in [-0.25, -0.2) is 0 Å². The van der Waals surface area contributed by atoms with E-state index in [0.29, 0.717) is 10.00 Å². The minimum Gasteiger partial charge on any atom is -0.379 e. The van der Waals surface area contributed by atoms with E-state index in [4.69, 9.17) is 17.0 Å². The molecule has 72 valence electrons. The Balaban J connectivity index is 1.93. The van der Waals surface area contributed by atoms with Gasteiger partial charge in [0.1, 0.15) is 0 Å². The molecule has 1 aliphatic heterocycles. The average molecular weight is 217 g/mol. The van der Waals surface area contributed by atoms with Crippen LogP contribution in [-0.2, 0) is 4.74 Å². The van der Waals surface area contributed by atoms with E-state index in [9.17, 15) is 0 Å². The van der Waals surface area contributed by atoms with Crippen molar-refractivity contribution < 1.29 is 4.74 Å². The molecular weight excluding hydrogens is 206 g/mol. The zero-order chi connectivity index (χ0) is 9.10. The van der Waals surface area contributed by atoms with E-state index >= 15 is 0 Å². The predicted molar refractivity (Wildman–Crippen MR) is 54.8 cm³/mol. The Labute approximate surface area is 85.3 Å². The molecule has 1 aromatic rings. The first-order chi connectivity index (χ1) is 6.34. The summed E-state index contributed by atoms with van der Waals surface area (Å²) in [5.41, 5.74) is 0. The normalized spacial score (nSPS) is 22.9. The summed E-state index contributed by atoms with van der Waals surface area (Å²) in [5.74, 6) is 0. The molecule has 0 aromatic carbocycles. The molecule has 0 radical (unpaired) electrons. The lowest BCUT2D eigenvalue weighted by atomic mass is 10.1. The van der Waals surface area contributed by atoms with E-state index < -0.39 is 0 Å². The van der Waals surface area contributed by atoms with E-state index in [-0.39, 0.29) is 0 Å². The third kappa shape index (κ3) is 2.49. The first-order valence-electron chi connectivity index (χ1n) is 4.24. The predicted octanol–water partition coefficient (Wildman–Crippen LogP) is 1.79. The molecule has 0 aliphatic carbocycles. The summed E-state index contributed by atoms with van der Waals surface area (Å²) in [6.45, 7) is 1.65. The second kappa shape index (κ2) is 4.17. The summed E-state index contributed by atoms with van der Waals surface area (Å²) >= 11 is 6.39. The van der Waals surface area contributed by atoms with E-state index in [1.807, 2.05) is 0 Å². The number of nitrogens with one attached hydrogen (secondary N) is 2. The molecule has 6 heteroatoms. The van der Waals surface area contributed by atoms with Gasteiger partial charge in [0.15, 0.2) is 3.95 Å². The van der Waals surface area contributed by atoms with Crippen LogP contribution in [0.2, 0.25) is 0 Å².